The standard InChI is InChI=1S/C25H30FN5O3S/c1-16-10-18(30-35(32)8-4-5-9-35)12-20-24(16)25(28-15-27-20)29-19-7-6-17(26)11-21(19)34-23-14-31(2)13-22(23)33-3/h6-7,10-12,15,22-23H,4-5,8-9,13-14H2,1-3H3,(H,27,28,29)/t22?,23-/m1/s1. The summed E-state index contributed by atoms with van der Waals surface area (Å²) >= 11 is 0. The average Bonchev–Trinajstić information content (AvgIpc) is 3.40. The number of ether oxygens (including phenoxy) is 2. The SMILES string of the molecule is COC1CN(C)C[C@H]1Oc1cc(F)ccc1Nc1ncnc2cc(N=S3(=O)CCCC3)cc(C)c12. The van der Waals surface area contributed by atoms with Gasteiger partial charge in [0, 0.05) is 43.2 Å². The van der Waals surface area contributed by atoms with E-state index in [4.69, 9.17) is 9.47 Å². The first-order valence-electron chi connectivity index (χ1n) is 11.8. The number of aryl methyl sites for hydroxylation is 1. The van der Waals surface area contributed by atoms with Crippen molar-refractivity contribution in [1.29, 1.82) is 0 Å². The second-order valence-electron chi connectivity index (χ2n) is 9.28. The smallest absolute Gasteiger partial charge is 0.146 e. The maximum atomic E-state index is 14.2. The molecular formula is C25H30FN5O3S. The zero-order valence-corrected chi connectivity index (χ0v) is 21.0. The molecule has 186 valence electrons. The van der Waals surface area contributed by atoms with Crippen molar-refractivity contribution in [3.63, 3.8) is 0 Å². The van der Waals surface area contributed by atoms with E-state index in [0.29, 0.717) is 46.5 Å². The maximum Gasteiger partial charge on any atom is 0.146 e. The Morgan fingerprint density at radius 1 is 1.14 bits per heavy atom. The number of likely N-dealkylation sites (N-methyl/N-ethyl adjacent to an activating group) is 1. The zero-order valence-electron chi connectivity index (χ0n) is 20.2. The van der Waals surface area contributed by atoms with Crippen LogP contribution in [0.4, 0.5) is 21.6 Å². The van der Waals surface area contributed by atoms with Crippen LogP contribution in [0.25, 0.3) is 10.9 Å². The summed E-state index contributed by atoms with van der Waals surface area (Å²) in [6.07, 6.45) is 3.05. The Hall–Kier alpha value is -2.82. The number of methoxy groups -OCH3 is 1. The fraction of sp³-hybridized carbons (Fsp3) is 0.440. The topological polar surface area (TPSA) is 88.9 Å². The highest BCUT2D eigenvalue weighted by molar-refractivity contribution is 7.93. The van der Waals surface area contributed by atoms with Crippen molar-refractivity contribution in [1.82, 2.24) is 14.9 Å². The molecule has 2 fully saturated rings. The molecule has 2 aliphatic heterocycles. The molecule has 3 aromatic rings. The summed E-state index contributed by atoms with van der Waals surface area (Å²) in [5.41, 5.74) is 2.88. The lowest BCUT2D eigenvalue weighted by Gasteiger charge is -2.21. The molecule has 10 heteroatoms. The average molecular weight is 500 g/mol. The molecule has 35 heavy (non-hydrogen) atoms. The van der Waals surface area contributed by atoms with Gasteiger partial charge in [0.1, 0.15) is 35.9 Å². The predicted octanol–water partition coefficient (Wildman–Crippen LogP) is 4.42. The van der Waals surface area contributed by atoms with Crippen LogP contribution in [0.15, 0.2) is 41.0 Å². The summed E-state index contributed by atoms with van der Waals surface area (Å²) in [6, 6.07) is 8.16. The molecule has 2 saturated heterocycles. The molecule has 0 spiro atoms. The lowest BCUT2D eigenvalue weighted by Crippen LogP contribution is -2.31. The Morgan fingerprint density at radius 2 is 1.91 bits per heavy atom. The van der Waals surface area contributed by atoms with Crippen LogP contribution in [-0.2, 0) is 14.5 Å². The number of likely N-dealkylation sites (tertiary alicyclic amines) is 1. The van der Waals surface area contributed by atoms with Gasteiger partial charge < -0.3 is 14.8 Å². The first-order valence-corrected chi connectivity index (χ1v) is 13.6. The fourth-order valence-electron chi connectivity index (χ4n) is 4.81. The van der Waals surface area contributed by atoms with Crippen LogP contribution < -0.4 is 10.1 Å². The number of hydrogen-bond donors (Lipinski definition) is 1. The number of rotatable bonds is 6. The number of halogens is 1. The molecular weight excluding hydrogens is 469 g/mol. The lowest BCUT2D eigenvalue weighted by molar-refractivity contribution is 0.0344. The Kier molecular flexibility index (Phi) is 6.61. The third kappa shape index (κ3) is 5.10. The molecule has 1 aromatic heterocycles. The Morgan fingerprint density at radius 3 is 2.69 bits per heavy atom. The van der Waals surface area contributed by atoms with E-state index < -0.39 is 9.73 Å². The van der Waals surface area contributed by atoms with Gasteiger partial charge in [-0.2, -0.15) is 4.36 Å². The minimum atomic E-state index is -2.18. The number of nitrogens with zero attached hydrogens (tertiary/aromatic N) is 4. The predicted molar refractivity (Wildman–Crippen MR) is 136 cm³/mol. The van der Waals surface area contributed by atoms with Gasteiger partial charge >= 0.3 is 0 Å². The monoisotopic (exact) mass is 499 g/mol. The highest BCUT2D eigenvalue weighted by Gasteiger charge is 2.33. The first-order chi connectivity index (χ1) is 16.8. The molecule has 1 unspecified atom stereocenters. The zero-order chi connectivity index (χ0) is 24.6. The number of hydrogen-bond acceptors (Lipinski definition) is 8. The summed E-state index contributed by atoms with van der Waals surface area (Å²) < 4.78 is 43.5. The number of nitrogens with one attached hydrogen (secondary N) is 1. The molecule has 0 amide bonds. The summed E-state index contributed by atoms with van der Waals surface area (Å²) in [5.74, 6) is 1.87. The van der Waals surface area contributed by atoms with Crippen LogP contribution in [0.1, 0.15) is 18.4 Å². The van der Waals surface area contributed by atoms with Gasteiger partial charge in [-0.05, 0) is 56.6 Å². The van der Waals surface area contributed by atoms with Gasteiger partial charge in [-0.15, -0.1) is 0 Å². The van der Waals surface area contributed by atoms with Crippen molar-refractivity contribution < 1.29 is 18.1 Å². The van der Waals surface area contributed by atoms with Crippen molar-refractivity contribution in [2.45, 2.75) is 32.0 Å². The summed E-state index contributed by atoms with van der Waals surface area (Å²) in [6.45, 7) is 3.38. The van der Waals surface area contributed by atoms with E-state index in [0.717, 1.165) is 30.3 Å². The molecule has 0 bridgehead atoms. The van der Waals surface area contributed by atoms with Crippen molar-refractivity contribution in [3.05, 3.63) is 48.0 Å². The van der Waals surface area contributed by atoms with E-state index >= 15 is 0 Å². The van der Waals surface area contributed by atoms with Gasteiger partial charge in [0.25, 0.3) is 0 Å². The van der Waals surface area contributed by atoms with Crippen LogP contribution in [0.5, 0.6) is 5.75 Å². The van der Waals surface area contributed by atoms with Crippen LogP contribution in [0.3, 0.4) is 0 Å². The van der Waals surface area contributed by atoms with Crippen LogP contribution in [-0.4, -0.2) is 70.0 Å². The van der Waals surface area contributed by atoms with Crippen LogP contribution >= 0.6 is 0 Å². The quantitative estimate of drug-likeness (QED) is 0.537. The molecule has 8 nitrogen and oxygen atoms in total. The highest BCUT2D eigenvalue weighted by atomic mass is 32.2. The van der Waals surface area contributed by atoms with E-state index in [1.165, 1.54) is 18.5 Å². The normalized spacial score (nSPS) is 21.9. The summed E-state index contributed by atoms with van der Waals surface area (Å²) in [7, 11) is 1.47. The molecule has 5 rings (SSSR count). The van der Waals surface area contributed by atoms with Gasteiger partial charge in [0.15, 0.2) is 0 Å². The third-order valence-electron chi connectivity index (χ3n) is 6.54. The second-order valence-corrected chi connectivity index (χ2v) is 11.8. The minimum Gasteiger partial charge on any atom is -0.484 e. The number of anilines is 2. The van der Waals surface area contributed by atoms with E-state index in [9.17, 15) is 8.60 Å². The van der Waals surface area contributed by atoms with E-state index in [1.807, 2.05) is 26.1 Å². The minimum absolute atomic E-state index is 0.105. The molecule has 3 heterocycles. The van der Waals surface area contributed by atoms with Crippen molar-refractivity contribution >= 4 is 37.8 Å². The molecule has 0 saturated carbocycles. The fourth-order valence-corrected chi connectivity index (χ4v) is 7.00. The Balaban J connectivity index is 1.49. The molecule has 2 atom stereocenters. The van der Waals surface area contributed by atoms with Gasteiger partial charge in [-0.3, -0.25) is 4.90 Å². The first kappa shape index (κ1) is 23.9. The second kappa shape index (κ2) is 9.67. The largest absolute Gasteiger partial charge is 0.484 e. The highest BCUT2D eigenvalue weighted by Crippen LogP contribution is 2.35. The van der Waals surface area contributed by atoms with E-state index in [2.05, 4.69) is 24.5 Å². The summed E-state index contributed by atoms with van der Waals surface area (Å²) in [4.78, 5) is 11.0. The Bertz CT molecular complexity index is 1360. The summed E-state index contributed by atoms with van der Waals surface area (Å²) in [5, 5.41) is 4.14. The molecule has 0 radical (unpaired) electrons. The molecule has 2 aliphatic rings. The van der Waals surface area contributed by atoms with Crippen LogP contribution in [0.2, 0.25) is 0 Å². The molecule has 0 aliphatic carbocycles. The molecule has 2 aromatic carbocycles. The van der Waals surface area contributed by atoms with Crippen LogP contribution in [0, 0.1) is 12.7 Å². The van der Waals surface area contributed by atoms with E-state index in [1.54, 1.807) is 13.2 Å². The van der Waals surface area contributed by atoms with Crippen molar-refractivity contribution in [2.24, 2.45) is 4.36 Å². The van der Waals surface area contributed by atoms with E-state index in [-0.39, 0.29) is 18.0 Å². The van der Waals surface area contributed by atoms with Gasteiger partial charge in [-0.1, -0.05) is 0 Å². The molecule has 1 N–H and O–H groups in total. The number of benzene rings is 2. The van der Waals surface area contributed by atoms with Crippen molar-refractivity contribution in [3.8, 4) is 5.75 Å². The number of fused-ring (bicyclic) bond motifs is 1. The lowest BCUT2D eigenvalue weighted by atomic mass is 10.1. The number of aromatic nitrogens is 2. The third-order valence-corrected chi connectivity index (χ3v) is 8.94. The van der Waals surface area contributed by atoms with Gasteiger partial charge in [0.2, 0.25) is 0 Å². The van der Waals surface area contributed by atoms with Crippen molar-refractivity contribution in [2.75, 3.05) is 44.1 Å². The van der Waals surface area contributed by atoms with Gasteiger partial charge in [-0.25, -0.2) is 18.6 Å². The van der Waals surface area contributed by atoms with Gasteiger partial charge in [0.05, 0.1) is 26.6 Å². The Labute approximate surface area is 205 Å². The maximum absolute atomic E-state index is 14.2.